The number of rotatable bonds is 21. The van der Waals surface area contributed by atoms with E-state index in [4.69, 9.17) is 4.74 Å². The standard InChI is InChI=1S/C33H55NO4/c1-5-6-7-8-9-10-11-12-13-14-15-16-17-18-19-20-21-22-31(36)30(34-32(37)38-33(2,3)4)27-28-23-25-29(35)26-24-28/h12-13,23-26,30,35H,5-11,14-22,27H2,1-4H3,(H,34,37)/b13-12+/t30-/m0/s1. The van der Waals surface area contributed by atoms with Crippen molar-refractivity contribution in [1.29, 1.82) is 0 Å². The van der Waals surface area contributed by atoms with Gasteiger partial charge in [-0.25, -0.2) is 4.79 Å². The second kappa shape index (κ2) is 20.6. The molecule has 2 N–H and O–H groups in total. The molecule has 38 heavy (non-hydrogen) atoms. The lowest BCUT2D eigenvalue weighted by molar-refractivity contribution is -0.121. The third-order valence-electron chi connectivity index (χ3n) is 6.64. The Labute approximate surface area is 232 Å². The second-order valence-corrected chi connectivity index (χ2v) is 11.6. The number of carbonyl (C=O) groups excluding carboxylic acids is 2. The number of ketones is 1. The van der Waals surface area contributed by atoms with Crippen LogP contribution in [0.4, 0.5) is 4.79 Å². The minimum absolute atomic E-state index is 0.0247. The average Bonchev–Trinajstić information content (AvgIpc) is 2.85. The Bertz CT molecular complexity index is 779. The number of alkyl carbamates (subject to hydrolysis) is 1. The summed E-state index contributed by atoms with van der Waals surface area (Å²) in [5, 5.41) is 12.3. The molecule has 1 aromatic rings. The molecule has 0 saturated carbocycles. The number of carbonyl (C=O) groups is 2. The number of Topliss-reactive ketones (excluding diaryl/α,β-unsaturated/α-hetero) is 1. The smallest absolute Gasteiger partial charge is 0.408 e. The summed E-state index contributed by atoms with van der Waals surface area (Å²) in [6, 6.07) is 6.10. The first-order valence-electron chi connectivity index (χ1n) is 15.2. The van der Waals surface area contributed by atoms with Gasteiger partial charge in [0.05, 0.1) is 6.04 Å². The SMILES string of the molecule is CCCCCCCC/C=C/CCCCCCCCCC(=O)[C@H](Cc1ccc(O)cc1)NC(=O)OC(C)(C)C. The van der Waals surface area contributed by atoms with Crippen LogP contribution in [0, 0.1) is 0 Å². The topological polar surface area (TPSA) is 75.6 Å². The zero-order chi connectivity index (χ0) is 28.1. The van der Waals surface area contributed by atoms with Crippen LogP contribution < -0.4 is 5.32 Å². The van der Waals surface area contributed by atoms with Crippen molar-refractivity contribution in [2.45, 2.75) is 148 Å². The van der Waals surface area contributed by atoms with E-state index in [2.05, 4.69) is 24.4 Å². The summed E-state index contributed by atoms with van der Waals surface area (Å²) in [5.74, 6) is 0.202. The summed E-state index contributed by atoms with van der Waals surface area (Å²) in [4.78, 5) is 25.3. The number of ether oxygens (including phenoxy) is 1. The molecule has 0 aliphatic heterocycles. The summed E-state index contributed by atoms with van der Waals surface area (Å²) < 4.78 is 5.37. The minimum Gasteiger partial charge on any atom is -0.508 e. The van der Waals surface area contributed by atoms with E-state index < -0.39 is 17.7 Å². The first-order chi connectivity index (χ1) is 18.2. The Kier molecular flexibility index (Phi) is 18.3. The lowest BCUT2D eigenvalue weighted by Gasteiger charge is -2.23. The van der Waals surface area contributed by atoms with Crippen molar-refractivity contribution in [3.63, 3.8) is 0 Å². The van der Waals surface area contributed by atoms with Crippen LogP contribution in [0.1, 0.15) is 136 Å². The summed E-state index contributed by atoms with van der Waals surface area (Å²) in [5.41, 5.74) is 0.259. The van der Waals surface area contributed by atoms with E-state index in [0.717, 1.165) is 24.8 Å². The summed E-state index contributed by atoms with van der Waals surface area (Å²) >= 11 is 0. The van der Waals surface area contributed by atoms with E-state index in [9.17, 15) is 14.7 Å². The van der Waals surface area contributed by atoms with E-state index in [1.165, 1.54) is 77.0 Å². The fraction of sp³-hybridized carbons (Fsp3) is 0.697. The highest BCUT2D eigenvalue weighted by atomic mass is 16.6. The van der Waals surface area contributed by atoms with Crippen LogP contribution in [0.2, 0.25) is 0 Å². The highest BCUT2D eigenvalue weighted by molar-refractivity contribution is 5.87. The highest BCUT2D eigenvalue weighted by Crippen LogP contribution is 2.16. The third kappa shape index (κ3) is 18.9. The average molecular weight is 530 g/mol. The molecule has 1 atom stereocenters. The number of phenolic OH excluding ortho intramolecular Hbond substituents is 1. The maximum absolute atomic E-state index is 12.9. The van der Waals surface area contributed by atoms with Gasteiger partial charge in [-0.15, -0.1) is 0 Å². The third-order valence-corrected chi connectivity index (χ3v) is 6.64. The first-order valence-corrected chi connectivity index (χ1v) is 15.2. The molecule has 0 spiro atoms. The molecule has 216 valence electrons. The van der Waals surface area contributed by atoms with Gasteiger partial charge in [-0.2, -0.15) is 0 Å². The molecule has 0 bridgehead atoms. The van der Waals surface area contributed by atoms with Gasteiger partial charge < -0.3 is 15.2 Å². The highest BCUT2D eigenvalue weighted by Gasteiger charge is 2.24. The number of amides is 1. The largest absolute Gasteiger partial charge is 0.508 e. The van der Waals surface area contributed by atoms with Crippen molar-refractivity contribution < 1.29 is 19.4 Å². The van der Waals surface area contributed by atoms with Crippen molar-refractivity contribution in [1.82, 2.24) is 5.32 Å². The van der Waals surface area contributed by atoms with Crippen LogP contribution in [0.15, 0.2) is 36.4 Å². The molecular weight excluding hydrogens is 474 g/mol. The number of hydrogen-bond acceptors (Lipinski definition) is 4. The number of allylic oxidation sites excluding steroid dienone is 2. The monoisotopic (exact) mass is 529 g/mol. The molecule has 0 heterocycles. The van der Waals surface area contributed by atoms with E-state index in [1.807, 2.05) is 0 Å². The van der Waals surface area contributed by atoms with Crippen molar-refractivity contribution in [3.05, 3.63) is 42.0 Å². The summed E-state index contributed by atoms with van der Waals surface area (Å²) in [6.07, 6.45) is 23.6. The number of nitrogens with one attached hydrogen (secondary N) is 1. The van der Waals surface area contributed by atoms with Crippen LogP contribution in [0.25, 0.3) is 0 Å². The van der Waals surface area contributed by atoms with Crippen molar-refractivity contribution in [2.75, 3.05) is 0 Å². The minimum atomic E-state index is -0.636. The molecule has 0 aromatic heterocycles. The molecule has 0 radical (unpaired) electrons. The Morgan fingerprint density at radius 2 is 1.32 bits per heavy atom. The Morgan fingerprint density at radius 1 is 0.816 bits per heavy atom. The van der Waals surface area contributed by atoms with E-state index in [0.29, 0.717) is 12.8 Å². The lowest BCUT2D eigenvalue weighted by atomic mass is 9.98. The van der Waals surface area contributed by atoms with Gasteiger partial charge in [-0.3, -0.25) is 4.79 Å². The van der Waals surface area contributed by atoms with Crippen LogP contribution in [-0.4, -0.2) is 28.6 Å². The number of unbranched alkanes of at least 4 members (excludes halogenated alkanes) is 13. The molecule has 5 nitrogen and oxygen atoms in total. The van der Waals surface area contributed by atoms with Crippen LogP contribution in [0.3, 0.4) is 0 Å². The van der Waals surface area contributed by atoms with Crippen molar-refractivity contribution >= 4 is 11.9 Å². The number of benzene rings is 1. The molecule has 1 aromatic carbocycles. The van der Waals surface area contributed by atoms with Crippen molar-refractivity contribution in [3.8, 4) is 5.75 Å². The van der Waals surface area contributed by atoms with Crippen LogP contribution >= 0.6 is 0 Å². The molecule has 5 heteroatoms. The molecule has 0 saturated heterocycles. The van der Waals surface area contributed by atoms with Gasteiger partial charge in [0.25, 0.3) is 0 Å². The fourth-order valence-electron chi connectivity index (χ4n) is 4.46. The zero-order valence-corrected chi connectivity index (χ0v) is 24.7. The van der Waals surface area contributed by atoms with Crippen molar-refractivity contribution in [2.24, 2.45) is 0 Å². The molecule has 0 aliphatic rings. The van der Waals surface area contributed by atoms with Gasteiger partial charge in [-0.05, 0) is 77.0 Å². The van der Waals surface area contributed by atoms with Gasteiger partial charge in [0.15, 0.2) is 5.78 Å². The van der Waals surface area contributed by atoms with Gasteiger partial charge >= 0.3 is 6.09 Å². The predicted molar refractivity (Wildman–Crippen MR) is 159 cm³/mol. The number of hydrogen-bond donors (Lipinski definition) is 2. The normalized spacial score (nSPS) is 12.5. The molecule has 0 aliphatic carbocycles. The quantitative estimate of drug-likeness (QED) is 0.123. The maximum atomic E-state index is 12.9. The molecule has 1 rings (SSSR count). The summed E-state index contributed by atoms with van der Waals surface area (Å²) in [6.45, 7) is 7.67. The number of aromatic hydroxyl groups is 1. The molecule has 0 fully saturated rings. The Morgan fingerprint density at radius 3 is 1.84 bits per heavy atom. The molecule has 0 unspecified atom stereocenters. The van der Waals surface area contributed by atoms with E-state index in [-0.39, 0.29) is 11.5 Å². The van der Waals surface area contributed by atoms with E-state index in [1.54, 1.807) is 45.0 Å². The zero-order valence-electron chi connectivity index (χ0n) is 24.7. The van der Waals surface area contributed by atoms with Gasteiger partial charge in [0.1, 0.15) is 11.4 Å². The predicted octanol–water partition coefficient (Wildman–Crippen LogP) is 9.21. The summed E-state index contributed by atoms with van der Waals surface area (Å²) in [7, 11) is 0. The van der Waals surface area contributed by atoms with Gasteiger partial charge in [-0.1, -0.05) is 95.4 Å². The van der Waals surface area contributed by atoms with Crippen LogP contribution in [-0.2, 0) is 16.0 Å². The second-order valence-electron chi connectivity index (χ2n) is 11.6. The van der Waals surface area contributed by atoms with Gasteiger partial charge in [0.2, 0.25) is 0 Å². The van der Waals surface area contributed by atoms with Crippen LogP contribution in [0.5, 0.6) is 5.75 Å². The molecular formula is C33H55NO4. The Hall–Kier alpha value is -2.30. The first kappa shape index (κ1) is 33.7. The Balaban J connectivity index is 2.20. The van der Waals surface area contributed by atoms with E-state index >= 15 is 0 Å². The molecule has 1 amide bonds. The van der Waals surface area contributed by atoms with Gasteiger partial charge in [0, 0.05) is 6.42 Å². The fourth-order valence-corrected chi connectivity index (χ4v) is 4.46. The maximum Gasteiger partial charge on any atom is 0.408 e. The number of phenols is 1. The lowest BCUT2D eigenvalue weighted by Crippen LogP contribution is -2.44.